The molecule has 24 heteroatoms. The zero-order valence-corrected chi connectivity index (χ0v) is 35.1. The van der Waals surface area contributed by atoms with Crippen LogP contribution in [-0.4, -0.2) is 107 Å². The minimum Gasteiger partial charge on any atom is -0.398 e. The van der Waals surface area contributed by atoms with Gasteiger partial charge in [-0.1, -0.05) is 39.8 Å². The monoisotopic (exact) mass is 870 g/mol. The Labute approximate surface area is 356 Å². The summed E-state index contributed by atoms with van der Waals surface area (Å²) in [4.78, 5) is 123. The van der Waals surface area contributed by atoms with Gasteiger partial charge in [-0.05, 0) is 50.3 Å². The third-order valence-corrected chi connectivity index (χ3v) is 9.07. The number of non-ortho nitro benzene ring substituents is 1. The lowest BCUT2D eigenvalue weighted by Crippen LogP contribution is -2.60. The highest BCUT2D eigenvalue weighted by atomic mass is 16.6. The van der Waals surface area contributed by atoms with Crippen LogP contribution in [0.4, 0.5) is 22.7 Å². The molecule has 8 amide bonds. The zero-order valence-electron chi connectivity index (χ0n) is 35.1. The summed E-state index contributed by atoms with van der Waals surface area (Å²) in [5.74, 6) is -6.97. The second-order valence-corrected chi connectivity index (χ2v) is 14.7. The van der Waals surface area contributed by atoms with Crippen molar-refractivity contribution >= 4 is 70.0 Å². The lowest BCUT2D eigenvalue weighted by Gasteiger charge is -2.29. The Morgan fingerprint density at radius 3 is 1.79 bits per heavy atom. The number of hydrogen-bond acceptors (Lipinski definition) is 14. The van der Waals surface area contributed by atoms with Crippen LogP contribution in [0, 0.1) is 32.1 Å². The van der Waals surface area contributed by atoms with Crippen molar-refractivity contribution in [2.75, 3.05) is 30.7 Å². The van der Waals surface area contributed by atoms with Gasteiger partial charge in [0.05, 0.1) is 28.0 Å². The van der Waals surface area contributed by atoms with Crippen molar-refractivity contribution in [2.45, 2.75) is 84.6 Å². The van der Waals surface area contributed by atoms with Crippen molar-refractivity contribution < 1.29 is 48.2 Å². The second kappa shape index (κ2) is 24.0. The minimum absolute atomic E-state index is 0.00590. The molecule has 0 radical (unpaired) electrons. The number of nitrogens with two attached hydrogens (primary N) is 2. The van der Waals surface area contributed by atoms with Gasteiger partial charge in [0.2, 0.25) is 41.4 Å². The number of carbonyl (C=O) groups excluding carboxylic acids is 8. The van der Waals surface area contributed by atoms with Crippen LogP contribution in [0.2, 0.25) is 0 Å². The SMILES string of the molecule is CC(NC(=O)CNC(=O)C(C)NC(=O)C(NC(=O)C(NC(=O)C(CCC(N)=O)NC(=O)c1ccccc1N)C(C)C)C(C)C)C(=O)NCCNc1ccc([N+](=O)[O-])cc1[N+](=O)[O-]. The van der Waals surface area contributed by atoms with Crippen LogP contribution in [0.3, 0.4) is 0 Å². The summed E-state index contributed by atoms with van der Waals surface area (Å²) in [6.45, 7) is 8.59. The van der Waals surface area contributed by atoms with Crippen LogP contribution >= 0.6 is 0 Å². The van der Waals surface area contributed by atoms with Crippen molar-refractivity contribution in [1.29, 1.82) is 0 Å². The van der Waals surface area contributed by atoms with Crippen LogP contribution in [0.25, 0.3) is 0 Å². The van der Waals surface area contributed by atoms with Gasteiger partial charge in [-0.15, -0.1) is 0 Å². The molecule has 0 bridgehead atoms. The molecule has 5 unspecified atom stereocenters. The molecule has 0 saturated heterocycles. The number of benzene rings is 2. The van der Waals surface area contributed by atoms with Gasteiger partial charge in [-0.25, -0.2) is 0 Å². The summed E-state index contributed by atoms with van der Waals surface area (Å²) >= 11 is 0. The fourth-order valence-electron chi connectivity index (χ4n) is 5.58. The van der Waals surface area contributed by atoms with Gasteiger partial charge < -0.3 is 54.0 Å². The van der Waals surface area contributed by atoms with Crippen molar-refractivity contribution in [2.24, 2.45) is 17.6 Å². The Morgan fingerprint density at radius 1 is 0.661 bits per heavy atom. The summed E-state index contributed by atoms with van der Waals surface area (Å²) in [6, 6.07) is 3.17. The second-order valence-electron chi connectivity index (χ2n) is 14.7. The average Bonchev–Trinajstić information content (AvgIpc) is 3.20. The van der Waals surface area contributed by atoms with Gasteiger partial charge in [0.25, 0.3) is 17.3 Å². The number of amides is 8. The molecule has 0 aromatic heterocycles. The predicted octanol–water partition coefficient (Wildman–Crippen LogP) is -0.915. The largest absolute Gasteiger partial charge is 0.398 e. The third kappa shape index (κ3) is 16.0. The van der Waals surface area contributed by atoms with Gasteiger partial charge in [0, 0.05) is 31.3 Å². The standard InChI is InChI=1S/C38H54N12O12/c1-19(2)31(48-38(58)32(20(3)4)47-36(56)27(13-14-29(40)51)46-35(55)24-9-7-8-10-25(24)39)37(57)45-22(6)34(54)43-18-30(52)44-21(5)33(53)42-16-15-41-26-12-11-23(49(59)60)17-28(26)50(61)62/h7-12,17,19-22,27,31-32,41H,13-16,18,39H2,1-6H3,(H2,40,51)(H,42,53)(H,43,54)(H,44,52)(H,45,57)(H,46,55)(H,47,56)(H,48,58). The number of nitro groups is 2. The number of rotatable bonds is 24. The van der Waals surface area contributed by atoms with Gasteiger partial charge in [-0.2, -0.15) is 0 Å². The maximum absolute atomic E-state index is 13.6. The number of nitro benzene ring substituents is 2. The maximum atomic E-state index is 13.6. The summed E-state index contributed by atoms with van der Waals surface area (Å²) in [7, 11) is 0. The van der Waals surface area contributed by atoms with E-state index in [1.54, 1.807) is 39.8 Å². The maximum Gasteiger partial charge on any atom is 0.299 e. The molecular weight excluding hydrogens is 816 g/mol. The molecule has 0 fully saturated rings. The molecule has 2 aromatic carbocycles. The van der Waals surface area contributed by atoms with E-state index in [9.17, 15) is 58.6 Å². The number of nitrogens with one attached hydrogen (secondary N) is 8. The molecule has 2 rings (SSSR count). The van der Waals surface area contributed by atoms with E-state index in [-0.39, 0.29) is 42.9 Å². The normalized spacial score (nSPS) is 13.2. The van der Waals surface area contributed by atoms with E-state index >= 15 is 0 Å². The predicted molar refractivity (Wildman–Crippen MR) is 224 cm³/mol. The van der Waals surface area contributed by atoms with Crippen molar-refractivity contribution in [3.05, 3.63) is 68.3 Å². The summed E-state index contributed by atoms with van der Waals surface area (Å²) in [5.41, 5.74) is 10.4. The Bertz CT molecular complexity index is 2010. The summed E-state index contributed by atoms with van der Waals surface area (Å²) in [6.07, 6.45) is -0.458. The first-order valence-electron chi connectivity index (χ1n) is 19.4. The van der Waals surface area contributed by atoms with E-state index in [1.165, 1.54) is 32.0 Å². The number of nitrogen functional groups attached to an aromatic ring is 1. The highest BCUT2D eigenvalue weighted by molar-refractivity contribution is 6.02. The number of carbonyl (C=O) groups is 8. The highest BCUT2D eigenvalue weighted by Crippen LogP contribution is 2.28. The highest BCUT2D eigenvalue weighted by Gasteiger charge is 2.34. The van der Waals surface area contributed by atoms with Crippen molar-refractivity contribution in [1.82, 2.24) is 37.2 Å². The van der Waals surface area contributed by atoms with Gasteiger partial charge in [0.15, 0.2) is 0 Å². The van der Waals surface area contributed by atoms with Crippen LogP contribution in [0.5, 0.6) is 0 Å². The van der Waals surface area contributed by atoms with E-state index in [4.69, 9.17) is 11.5 Å². The van der Waals surface area contributed by atoms with E-state index in [2.05, 4.69) is 42.5 Å². The van der Waals surface area contributed by atoms with Gasteiger partial charge in [0.1, 0.15) is 35.9 Å². The molecular formula is C38H54N12O12. The molecule has 5 atom stereocenters. The lowest BCUT2D eigenvalue weighted by molar-refractivity contribution is -0.393. The lowest BCUT2D eigenvalue weighted by atomic mass is 9.98. The van der Waals surface area contributed by atoms with E-state index in [0.717, 1.165) is 12.1 Å². The molecule has 338 valence electrons. The minimum atomic E-state index is -1.30. The van der Waals surface area contributed by atoms with Crippen LogP contribution in [-0.2, 0) is 33.6 Å². The fourth-order valence-corrected chi connectivity index (χ4v) is 5.58. The first-order chi connectivity index (χ1) is 29.0. The first-order valence-corrected chi connectivity index (χ1v) is 19.4. The van der Waals surface area contributed by atoms with Crippen LogP contribution < -0.4 is 54.0 Å². The van der Waals surface area contributed by atoms with Crippen molar-refractivity contribution in [3.63, 3.8) is 0 Å². The van der Waals surface area contributed by atoms with Gasteiger partial charge >= 0.3 is 0 Å². The Morgan fingerprint density at radius 2 is 1.23 bits per heavy atom. The molecule has 0 aliphatic carbocycles. The molecule has 0 spiro atoms. The molecule has 0 aliphatic heterocycles. The summed E-state index contributed by atoms with van der Waals surface area (Å²) in [5, 5.41) is 42.4. The molecule has 0 heterocycles. The number of anilines is 2. The summed E-state index contributed by atoms with van der Waals surface area (Å²) < 4.78 is 0. The Kier molecular flexibility index (Phi) is 19.6. The topological polar surface area (TPSA) is 371 Å². The average molecular weight is 871 g/mol. The molecule has 62 heavy (non-hydrogen) atoms. The number of hydrogen-bond donors (Lipinski definition) is 10. The number of primary amides is 1. The Hall–Kier alpha value is -7.40. The van der Waals surface area contributed by atoms with Crippen LogP contribution in [0.1, 0.15) is 64.7 Å². The number of para-hydroxylation sites is 1. The number of nitrogens with zero attached hydrogens (tertiary/aromatic N) is 2. The van der Waals surface area contributed by atoms with Crippen molar-refractivity contribution in [3.8, 4) is 0 Å². The molecule has 12 N–H and O–H groups in total. The smallest absolute Gasteiger partial charge is 0.299 e. The fraction of sp³-hybridized carbons (Fsp3) is 0.474. The third-order valence-electron chi connectivity index (χ3n) is 9.07. The van der Waals surface area contributed by atoms with Crippen LogP contribution in [0.15, 0.2) is 42.5 Å². The quantitative estimate of drug-likeness (QED) is 0.0264. The molecule has 0 saturated carbocycles. The first kappa shape index (κ1) is 50.7. The van der Waals surface area contributed by atoms with E-state index in [0.29, 0.717) is 0 Å². The molecule has 2 aromatic rings. The van der Waals surface area contributed by atoms with Gasteiger partial charge in [-0.3, -0.25) is 58.6 Å². The molecule has 24 nitrogen and oxygen atoms in total. The van der Waals surface area contributed by atoms with E-state index in [1.807, 2.05) is 0 Å². The van der Waals surface area contributed by atoms with E-state index < -0.39 is 117 Å². The zero-order chi connectivity index (χ0) is 46.8. The molecule has 0 aliphatic rings. The Balaban J connectivity index is 1.93.